The van der Waals surface area contributed by atoms with Gasteiger partial charge in [0.05, 0.1) is 15.5 Å². The van der Waals surface area contributed by atoms with Gasteiger partial charge < -0.3 is 5.11 Å². The highest BCUT2D eigenvalue weighted by Crippen LogP contribution is 2.39. The highest BCUT2D eigenvalue weighted by atomic mass is 35.5. The van der Waals surface area contributed by atoms with Gasteiger partial charge in [-0.1, -0.05) is 29.3 Å². The number of nitrogens with one attached hydrogen (secondary N) is 1. The Hall–Kier alpha value is -1.59. The van der Waals surface area contributed by atoms with Gasteiger partial charge in [0.15, 0.2) is 0 Å². The van der Waals surface area contributed by atoms with Crippen LogP contribution in [0.25, 0.3) is 0 Å². The standard InChI is InChI=1S/C14H13Cl2NO4/c15-9-2-1-8(7-10(9)16)14(6-4-12(19)20)5-3-11(18)17-13(14)21/h1-2,7H,3-6H2,(H,19,20)(H,17,18,21)/t14-/m0/s1. The average molecular weight is 330 g/mol. The third-order valence-corrected chi connectivity index (χ3v) is 4.44. The summed E-state index contributed by atoms with van der Waals surface area (Å²) in [5.41, 5.74) is -0.497. The zero-order chi connectivity index (χ0) is 15.6. The summed E-state index contributed by atoms with van der Waals surface area (Å²) in [6, 6.07) is 4.76. The quantitative estimate of drug-likeness (QED) is 0.831. The van der Waals surface area contributed by atoms with Gasteiger partial charge in [0.1, 0.15) is 0 Å². The number of rotatable bonds is 4. The summed E-state index contributed by atoms with van der Waals surface area (Å²) in [6.45, 7) is 0. The van der Waals surface area contributed by atoms with E-state index in [0.29, 0.717) is 10.6 Å². The number of carboxylic acids is 1. The van der Waals surface area contributed by atoms with Crippen molar-refractivity contribution in [1.82, 2.24) is 5.32 Å². The molecule has 0 unspecified atom stereocenters. The summed E-state index contributed by atoms with van der Waals surface area (Å²) in [6.07, 6.45) is 0.329. The fourth-order valence-electron chi connectivity index (χ4n) is 2.52. The van der Waals surface area contributed by atoms with E-state index in [9.17, 15) is 14.4 Å². The van der Waals surface area contributed by atoms with Crippen molar-refractivity contribution in [2.75, 3.05) is 0 Å². The van der Waals surface area contributed by atoms with E-state index >= 15 is 0 Å². The van der Waals surface area contributed by atoms with Crippen molar-refractivity contribution < 1.29 is 19.5 Å². The molecule has 1 aliphatic rings. The Morgan fingerprint density at radius 3 is 2.57 bits per heavy atom. The van der Waals surface area contributed by atoms with Crippen LogP contribution in [0.3, 0.4) is 0 Å². The van der Waals surface area contributed by atoms with Gasteiger partial charge in [0, 0.05) is 12.8 Å². The van der Waals surface area contributed by atoms with E-state index in [1.54, 1.807) is 18.2 Å². The molecule has 1 aliphatic heterocycles. The first-order valence-electron chi connectivity index (χ1n) is 6.37. The molecule has 1 aromatic carbocycles. The Morgan fingerprint density at radius 1 is 1.29 bits per heavy atom. The number of hydrogen-bond donors (Lipinski definition) is 2. The SMILES string of the molecule is O=C(O)CC[C@]1(c2ccc(Cl)c(Cl)c2)CCC(=O)NC1=O. The largest absolute Gasteiger partial charge is 0.481 e. The van der Waals surface area contributed by atoms with E-state index in [0.717, 1.165) is 0 Å². The second-order valence-electron chi connectivity index (χ2n) is 4.98. The van der Waals surface area contributed by atoms with Gasteiger partial charge in [-0.15, -0.1) is 0 Å². The minimum absolute atomic E-state index is 0.0966. The molecule has 0 spiro atoms. The van der Waals surface area contributed by atoms with Crippen LogP contribution in [0.4, 0.5) is 0 Å². The Kier molecular flexibility index (Phi) is 4.54. The number of imide groups is 1. The number of halogens is 2. The first kappa shape index (κ1) is 15.8. The molecule has 1 saturated heterocycles. The molecule has 0 saturated carbocycles. The molecule has 0 aliphatic carbocycles. The molecule has 2 rings (SSSR count). The predicted molar refractivity (Wildman–Crippen MR) is 77.4 cm³/mol. The Bertz CT molecular complexity index is 617. The van der Waals surface area contributed by atoms with E-state index in [1.807, 2.05) is 0 Å². The number of carbonyl (C=O) groups is 3. The van der Waals surface area contributed by atoms with Crippen molar-refractivity contribution in [2.24, 2.45) is 0 Å². The van der Waals surface area contributed by atoms with Crippen LogP contribution in [0.5, 0.6) is 0 Å². The van der Waals surface area contributed by atoms with E-state index < -0.39 is 17.3 Å². The maximum absolute atomic E-state index is 12.3. The summed E-state index contributed by atoms with van der Waals surface area (Å²) >= 11 is 11.9. The summed E-state index contributed by atoms with van der Waals surface area (Å²) in [7, 11) is 0. The van der Waals surface area contributed by atoms with Crippen LogP contribution in [-0.4, -0.2) is 22.9 Å². The third-order valence-electron chi connectivity index (χ3n) is 3.70. The number of carboxylic acid groups (broad SMARTS) is 1. The minimum Gasteiger partial charge on any atom is -0.481 e. The molecule has 1 atom stereocenters. The van der Waals surface area contributed by atoms with Gasteiger partial charge in [-0.2, -0.15) is 0 Å². The molecule has 1 fully saturated rings. The molecule has 1 aromatic rings. The van der Waals surface area contributed by atoms with Crippen molar-refractivity contribution in [3.8, 4) is 0 Å². The first-order valence-corrected chi connectivity index (χ1v) is 7.12. The monoisotopic (exact) mass is 329 g/mol. The number of hydrogen-bond acceptors (Lipinski definition) is 3. The Balaban J connectivity index is 2.44. The molecule has 2 N–H and O–H groups in total. The lowest BCUT2D eigenvalue weighted by atomic mass is 9.70. The van der Waals surface area contributed by atoms with Crippen LogP contribution in [-0.2, 0) is 19.8 Å². The molecule has 2 amide bonds. The third kappa shape index (κ3) is 3.19. The predicted octanol–water partition coefficient (Wildman–Crippen LogP) is 2.53. The molecule has 0 bridgehead atoms. The van der Waals surface area contributed by atoms with Crippen molar-refractivity contribution in [1.29, 1.82) is 0 Å². The highest BCUT2D eigenvalue weighted by Gasteiger charge is 2.44. The topological polar surface area (TPSA) is 83.5 Å². The first-order chi connectivity index (χ1) is 9.85. The van der Waals surface area contributed by atoms with E-state index in [1.165, 1.54) is 0 Å². The Labute approximate surface area is 131 Å². The summed E-state index contributed by atoms with van der Waals surface area (Å²) in [5, 5.41) is 11.8. The highest BCUT2D eigenvalue weighted by molar-refractivity contribution is 6.42. The summed E-state index contributed by atoms with van der Waals surface area (Å²) in [5.74, 6) is -1.84. The maximum atomic E-state index is 12.3. The molecule has 21 heavy (non-hydrogen) atoms. The number of benzene rings is 1. The Morgan fingerprint density at radius 2 is 2.00 bits per heavy atom. The lowest BCUT2D eigenvalue weighted by molar-refractivity contribution is -0.139. The van der Waals surface area contributed by atoms with Crippen LogP contribution < -0.4 is 5.32 Å². The van der Waals surface area contributed by atoms with Gasteiger partial charge in [-0.3, -0.25) is 19.7 Å². The molecule has 5 nitrogen and oxygen atoms in total. The molecule has 1 heterocycles. The number of carbonyl (C=O) groups excluding carboxylic acids is 2. The molecule has 112 valence electrons. The normalized spacial score (nSPS) is 22.0. The van der Waals surface area contributed by atoms with E-state index in [2.05, 4.69) is 5.32 Å². The van der Waals surface area contributed by atoms with Crippen LogP contribution in [0.1, 0.15) is 31.2 Å². The lowest BCUT2D eigenvalue weighted by Gasteiger charge is -2.35. The second kappa shape index (κ2) is 6.03. The van der Waals surface area contributed by atoms with Gasteiger partial charge in [-0.25, -0.2) is 0 Å². The van der Waals surface area contributed by atoms with Crippen molar-refractivity contribution >= 4 is 41.0 Å². The molecular weight excluding hydrogens is 317 g/mol. The van der Waals surface area contributed by atoms with Gasteiger partial charge in [0.2, 0.25) is 11.8 Å². The van der Waals surface area contributed by atoms with Gasteiger partial charge in [-0.05, 0) is 30.5 Å². The fourth-order valence-corrected chi connectivity index (χ4v) is 2.82. The van der Waals surface area contributed by atoms with Gasteiger partial charge >= 0.3 is 5.97 Å². The van der Waals surface area contributed by atoms with Crippen molar-refractivity contribution in [2.45, 2.75) is 31.1 Å². The number of piperidine rings is 1. The number of amides is 2. The summed E-state index contributed by atoms with van der Waals surface area (Å²) in [4.78, 5) is 34.6. The fraction of sp³-hybridized carbons (Fsp3) is 0.357. The van der Waals surface area contributed by atoms with E-state index in [4.69, 9.17) is 28.3 Å². The minimum atomic E-state index is -1.07. The van der Waals surface area contributed by atoms with Gasteiger partial charge in [0.25, 0.3) is 0 Å². The average Bonchev–Trinajstić information content (AvgIpc) is 2.41. The van der Waals surface area contributed by atoms with Crippen LogP contribution >= 0.6 is 23.2 Å². The molecular formula is C14H13Cl2NO4. The smallest absolute Gasteiger partial charge is 0.303 e. The van der Waals surface area contributed by atoms with Crippen LogP contribution in [0, 0.1) is 0 Å². The molecule has 0 aromatic heterocycles. The molecule has 0 radical (unpaired) electrons. The van der Waals surface area contributed by atoms with Crippen LogP contribution in [0.2, 0.25) is 10.0 Å². The lowest BCUT2D eigenvalue weighted by Crippen LogP contribution is -2.51. The molecule has 7 heteroatoms. The van der Waals surface area contributed by atoms with Crippen molar-refractivity contribution in [3.63, 3.8) is 0 Å². The van der Waals surface area contributed by atoms with E-state index in [-0.39, 0.29) is 36.6 Å². The second-order valence-corrected chi connectivity index (χ2v) is 5.80. The number of aliphatic carboxylic acids is 1. The van der Waals surface area contributed by atoms with Crippen molar-refractivity contribution in [3.05, 3.63) is 33.8 Å². The zero-order valence-corrected chi connectivity index (χ0v) is 12.5. The summed E-state index contributed by atoms with van der Waals surface area (Å²) < 4.78 is 0. The zero-order valence-electron chi connectivity index (χ0n) is 11.0. The van der Waals surface area contributed by atoms with Crippen LogP contribution in [0.15, 0.2) is 18.2 Å². The maximum Gasteiger partial charge on any atom is 0.303 e.